The predicted octanol–water partition coefficient (Wildman–Crippen LogP) is -5.19. The Kier molecular flexibility index (Phi) is 16.5. The Morgan fingerprint density at radius 3 is 1.96 bits per heavy atom. The highest BCUT2D eigenvalue weighted by molar-refractivity contribution is 5.65. The first-order chi connectivity index (χ1) is 22.3. The SMILES string of the molecule is CC[C@@H]1C(CO[C@H]2OC(CC(C)COOCC(=O)[O-])[C@H](O)[C@@H](O)C2O)O[C@@H](COC[C@@H]2C(CO)O[C@@H](COC)C(O)[C@@H]2O)C(O)[C@@H]1O. The summed E-state index contributed by atoms with van der Waals surface area (Å²) in [5.74, 6) is -3.23. The van der Waals surface area contributed by atoms with E-state index in [-0.39, 0.29) is 45.4 Å². The average Bonchev–Trinajstić information content (AvgIpc) is 3.04. The second-order valence-corrected chi connectivity index (χ2v) is 12.4. The van der Waals surface area contributed by atoms with Crippen molar-refractivity contribution in [2.75, 3.05) is 53.4 Å². The van der Waals surface area contributed by atoms with Crippen LogP contribution in [0.15, 0.2) is 0 Å². The number of carboxylic acid groups (broad SMARTS) is 1. The van der Waals surface area contributed by atoms with E-state index in [0.717, 1.165) is 0 Å². The van der Waals surface area contributed by atoms with Gasteiger partial charge in [0, 0.05) is 18.9 Å². The van der Waals surface area contributed by atoms with Crippen LogP contribution >= 0.6 is 0 Å². The molecule has 18 heteroatoms. The summed E-state index contributed by atoms with van der Waals surface area (Å²) < 4.78 is 34.0. The summed E-state index contributed by atoms with van der Waals surface area (Å²) in [5, 5.41) is 94.5. The molecular weight excluding hydrogens is 636 g/mol. The zero-order valence-corrected chi connectivity index (χ0v) is 26.8. The molecule has 8 N–H and O–H groups in total. The van der Waals surface area contributed by atoms with Gasteiger partial charge in [0.15, 0.2) is 6.29 Å². The van der Waals surface area contributed by atoms with Crippen LogP contribution in [-0.2, 0) is 43.0 Å². The molecular formula is C29H51O18-. The fourth-order valence-corrected chi connectivity index (χ4v) is 6.17. The fraction of sp³-hybridized carbons (Fsp3) is 0.966. The predicted molar refractivity (Wildman–Crippen MR) is 152 cm³/mol. The largest absolute Gasteiger partial charge is 0.547 e. The van der Waals surface area contributed by atoms with Crippen molar-refractivity contribution < 1.29 is 88.9 Å². The molecule has 0 amide bonds. The van der Waals surface area contributed by atoms with Crippen molar-refractivity contribution in [3.63, 3.8) is 0 Å². The Morgan fingerprint density at radius 2 is 1.34 bits per heavy atom. The second kappa shape index (κ2) is 19.3. The molecule has 0 aromatic carbocycles. The Bertz CT molecular complexity index is 912. The van der Waals surface area contributed by atoms with Crippen molar-refractivity contribution in [3.05, 3.63) is 0 Å². The summed E-state index contributed by atoms with van der Waals surface area (Å²) in [6.07, 6.45) is -15.5. The van der Waals surface area contributed by atoms with Gasteiger partial charge in [0.25, 0.3) is 0 Å². The van der Waals surface area contributed by atoms with Gasteiger partial charge in [-0.15, -0.1) is 0 Å². The van der Waals surface area contributed by atoms with Crippen LogP contribution in [-0.4, -0.2) is 180 Å². The average molecular weight is 688 g/mol. The van der Waals surface area contributed by atoms with Crippen molar-refractivity contribution in [3.8, 4) is 0 Å². The monoisotopic (exact) mass is 687 g/mol. The molecule has 0 bridgehead atoms. The van der Waals surface area contributed by atoms with E-state index in [0.29, 0.717) is 6.42 Å². The van der Waals surface area contributed by atoms with Crippen LogP contribution in [0.2, 0.25) is 0 Å². The number of rotatable bonds is 18. The van der Waals surface area contributed by atoms with E-state index in [9.17, 15) is 50.8 Å². The third-order valence-corrected chi connectivity index (χ3v) is 8.91. The number of hydrogen-bond acceptors (Lipinski definition) is 18. The Hall–Kier alpha value is -1.17. The van der Waals surface area contributed by atoms with Gasteiger partial charge in [-0.2, -0.15) is 0 Å². The van der Waals surface area contributed by atoms with Crippen LogP contribution in [0.4, 0.5) is 0 Å². The molecule has 0 spiro atoms. The third-order valence-electron chi connectivity index (χ3n) is 8.91. The minimum absolute atomic E-state index is 0.00538. The molecule has 0 saturated carbocycles. The van der Waals surface area contributed by atoms with E-state index in [1.54, 1.807) is 13.8 Å². The smallest absolute Gasteiger partial charge is 0.186 e. The quantitative estimate of drug-likeness (QED) is 0.0380. The maximum atomic E-state index is 10.9. The van der Waals surface area contributed by atoms with Gasteiger partial charge < -0.3 is 79.2 Å². The van der Waals surface area contributed by atoms with Gasteiger partial charge in [0.1, 0.15) is 49.3 Å². The molecule has 0 aromatic rings. The molecule has 0 aliphatic carbocycles. The summed E-state index contributed by atoms with van der Waals surface area (Å²) in [5.41, 5.74) is 0. The molecule has 7 unspecified atom stereocenters. The lowest BCUT2D eigenvalue weighted by Crippen LogP contribution is -2.60. The minimum atomic E-state index is -1.64. The van der Waals surface area contributed by atoms with Gasteiger partial charge in [-0.3, -0.25) is 0 Å². The zero-order valence-electron chi connectivity index (χ0n) is 26.8. The number of carboxylic acids is 1. The molecule has 3 saturated heterocycles. The lowest BCUT2D eigenvalue weighted by atomic mass is 9.85. The molecule has 0 radical (unpaired) electrons. The molecule has 47 heavy (non-hydrogen) atoms. The Labute approximate surface area is 272 Å². The van der Waals surface area contributed by atoms with Crippen molar-refractivity contribution in [2.45, 2.75) is 106 Å². The van der Waals surface area contributed by atoms with E-state index in [1.807, 2.05) is 0 Å². The second-order valence-electron chi connectivity index (χ2n) is 12.4. The first-order valence-electron chi connectivity index (χ1n) is 15.8. The van der Waals surface area contributed by atoms with E-state index in [4.69, 9.17) is 33.3 Å². The number of aliphatic hydroxyl groups is 8. The summed E-state index contributed by atoms with van der Waals surface area (Å²) in [7, 11) is 1.41. The van der Waals surface area contributed by atoms with Gasteiger partial charge in [-0.1, -0.05) is 13.8 Å². The van der Waals surface area contributed by atoms with E-state index in [1.165, 1.54) is 7.11 Å². The minimum Gasteiger partial charge on any atom is -0.547 e. The highest BCUT2D eigenvalue weighted by Gasteiger charge is 2.48. The molecule has 16 atom stereocenters. The van der Waals surface area contributed by atoms with E-state index >= 15 is 0 Å². The maximum Gasteiger partial charge on any atom is 0.186 e. The fourth-order valence-electron chi connectivity index (χ4n) is 6.17. The summed E-state index contributed by atoms with van der Waals surface area (Å²) >= 11 is 0. The number of carbonyl (C=O) groups excluding carboxylic acids is 1. The molecule has 3 aliphatic heterocycles. The topological polar surface area (TPSA) is 276 Å². The van der Waals surface area contributed by atoms with Crippen LogP contribution in [0.1, 0.15) is 26.7 Å². The number of ether oxygens (including phenoxy) is 6. The Morgan fingerprint density at radius 1 is 0.723 bits per heavy atom. The normalized spacial score (nSPS) is 41.9. The number of hydrogen-bond donors (Lipinski definition) is 8. The Balaban J connectivity index is 1.57. The molecule has 3 rings (SSSR count). The van der Waals surface area contributed by atoms with E-state index < -0.39 is 111 Å². The van der Waals surface area contributed by atoms with Crippen LogP contribution in [0.5, 0.6) is 0 Å². The summed E-state index contributed by atoms with van der Waals surface area (Å²) in [6, 6.07) is 0. The van der Waals surface area contributed by atoms with Gasteiger partial charge in [-0.05, 0) is 18.8 Å². The number of aliphatic hydroxyl groups excluding tert-OH is 8. The zero-order chi connectivity index (χ0) is 34.8. The van der Waals surface area contributed by atoms with Gasteiger partial charge in [-0.25, -0.2) is 9.78 Å². The van der Waals surface area contributed by atoms with E-state index in [2.05, 4.69) is 4.89 Å². The number of aliphatic carboxylic acids is 1. The van der Waals surface area contributed by atoms with Gasteiger partial charge >= 0.3 is 0 Å². The van der Waals surface area contributed by atoms with Crippen molar-refractivity contribution >= 4 is 5.97 Å². The highest BCUT2D eigenvalue weighted by Crippen LogP contribution is 2.32. The molecule has 3 heterocycles. The van der Waals surface area contributed by atoms with Crippen LogP contribution in [0.3, 0.4) is 0 Å². The number of methoxy groups -OCH3 is 1. The maximum absolute atomic E-state index is 10.9. The van der Waals surface area contributed by atoms with Gasteiger partial charge in [0.05, 0.1) is 76.1 Å². The highest BCUT2D eigenvalue weighted by atomic mass is 17.2. The van der Waals surface area contributed by atoms with Crippen LogP contribution in [0.25, 0.3) is 0 Å². The lowest BCUT2D eigenvalue weighted by molar-refractivity contribution is -0.346. The molecule has 18 nitrogen and oxygen atoms in total. The molecule has 276 valence electrons. The standard InChI is InChI=1S/C29H52O18/c1-4-14-18(11-42-29-28(39)27(38)24(35)16(47-29)5-13(2)7-43-44-12-21(31)32)46-20(26(37)22(14)33)10-41-8-15-17(6-30)45-19(9-40-3)25(36)23(15)34/h13-20,22-30,33-39H,4-12H2,1-3H3,(H,31,32)/p-1/t13?,14-,15-,16?,17?,18?,19+,20+,22-,23-,24+,25?,26?,27-,28?,29+/m1/s1. The third kappa shape index (κ3) is 10.7. The van der Waals surface area contributed by atoms with Crippen LogP contribution < -0.4 is 5.11 Å². The number of carbonyl (C=O) groups is 1. The van der Waals surface area contributed by atoms with Crippen molar-refractivity contribution in [2.24, 2.45) is 17.8 Å². The molecule has 3 aliphatic rings. The molecule has 0 aromatic heterocycles. The molecule has 3 fully saturated rings. The first-order valence-corrected chi connectivity index (χ1v) is 15.8. The summed E-state index contributed by atoms with van der Waals surface area (Å²) in [4.78, 5) is 19.8. The van der Waals surface area contributed by atoms with Crippen molar-refractivity contribution in [1.29, 1.82) is 0 Å². The summed E-state index contributed by atoms with van der Waals surface area (Å²) in [6.45, 7) is 1.53. The van der Waals surface area contributed by atoms with Crippen LogP contribution in [0, 0.1) is 17.8 Å². The van der Waals surface area contributed by atoms with Gasteiger partial charge in [0.2, 0.25) is 0 Å². The lowest BCUT2D eigenvalue weighted by Gasteiger charge is -2.45. The first kappa shape index (κ1) is 40.3. The van der Waals surface area contributed by atoms with Crippen molar-refractivity contribution in [1.82, 2.24) is 0 Å².